The SMILES string of the molecule is CN(CC1CC2CCC1C2)S(=O)(=O)CCCl. The van der Waals surface area contributed by atoms with E-state index < -0.39 is 10.0 Å². The zero-order valence-electron chi connectivity index (χ0n) is 9.73. The molecule has 2 bridgehead atoms. The van der Waals surface area contributed by atoms with Gasteiger partial charge in [0.1, 0.15) is 0 Å². The van der Waals surface area contributed by atoms with Crippen LogP contribution in [0.15, 0.2) is 0 Å². The smallest absolute Gasteiger partial charge is 0.212 e. The number of alkyl halides is 1. The largest absolute Gasteiger partial charge is 0.215 e. The van der Waals surface area contributed by atoms with Crippen LogP contribution in [0, 0.1) is 17.8 Å². The minimum atomic E-state index is -3.11. The Morgan fingerprint density at radius 2 is 2.06 bits per heavy atom. The van der Waals surface area contributed by atoms with E-state index in [1.165, 1.54) is 30.0 Å². The van der Waals surface area contributed by atoms with Crippen molar-refractivity contribution in [3.05, 3.63) is 0 Å². The summed E-state index contributed by atoms with van der Waals surface area (Å²) < 4.78 is 25.0. The van der Waals surface area contributed by atoms with Crippen molar-refractivity contribution in [3.63, 3.8) is 0 Å². The van der Waals surface area contributed by atoms with Gasteiger partial charge in [0.15, 0.2) is 0 Å². The lowest BCUT2D eigenvalue weighted by molar-refractivity contribution is 0.280. The molecule has 94 valence electrons. The molecule has 2 aliphatic rings. The quantitative estimate of drug-likeness (QED) is 0.713. The summed E-state index contributed by atoms with van der Waals surface area (Å²) in [5.74, 6) is 2.49. The molecule has 2 rings (SSSR count). The molecule has 16 heavy (non-hydrogen) atoms. The second kappa shape index (κ2) is 4.83. The summed E-state index contributed by atoms with van der Waals surface area (Å²) in [6.45, 7) is 0.695. The minimum absolute atomic E-state index is 0.0614. The van der Waals surface area contributed by atoms with E-state index in [2.05, 4.69) is 0 Å². The molecule has 5 heteroatoms. The minimum Gasteiger partial charge on any atom is -0.212 e. The molecule has 0 aromatic carbocycles. The summed E-state index contributed by atoms with van der Waals surface area (Å²) in [5.41, 5.74) is 0. The van der Waals surface area contributed by atoms with Gasteiger partial charge in [0.05, 0.1) is 5.75 Å². The first-order valence-corrected chi connectivity index (χ1v) is 8.17. The molecule has 0 aromatic heterocycles. The number of halogens is 1. The molecule has 0 radical (unpaired) electrons. The maximum Gasteiger partial charge on any atom is 0.215 e. The highest BCUT2D eigenvalue weighted by molar-refractivity contribution is 7.89. The number of nitrogens with zero attached hydrogens (tertiary/aromatic N) is 1. The molecular weight excluding hydrogens is 246 g/mol. The molecular formula is C11H20ClNO2S. The van der Waals surface area contributed by atoms with E-state index >= 15 is 0 Å². The highest BCUT2D eigenvalue weighted by Crippen LogP contribution is 2.48. The fourth-order valence-electron chi connectivity index (χ4n) is 3.30. The number of fused-ring (bicyclic) bond motifs is 2. The highest BCUT2D eigenvalue weighted by Gasteiger charge is 2.40. The lowest BCUT2D eigenvalue weighted by Gasteiger charge is -2.26. The number of hydrogen-bond acceptors (Lipinski definition) is 2. The summed E-state index contributed by atoms with van der Waals surface area (Å²) in [5, 5.41) is 0. The maximum atomic E-state index is 11.8. The summed E-state index contributed by atoms with van der Waals surface area (Å²) in [6, 6.07) is 0. The van der Waals surface area contributed by atoms with Gasteiger partial charge >= 0.3 is 0 Å². The predicted octanol–water partition coefficient (Wildman–Crippen LogP) is 1.92. The van der Waals surface area contributed by atoms with Crippen molar-refractivity contribution >= 4 is 21.6 Å². The van der Waals surface area contributed by atoms with Gasteiger partial charge in [-0.1, -0.05) is 6.42 Å². The molecule has 3 atom stereocenters. The summed E-state index contributed by atoms with van der Waals surface area (Å²) in [7, 11) is -1.42. The van der Waals surface area contributed by atoms with Crippen LogP contribution in [0.3, 0.4) is 0 Å². The van der Waals surface area contributed by atoms with Crippen molar-refractivity contribution in [2.75, 3.05) is 25.2 Å². The van der Waals surface area contributed by atoms with Gasteiger partial charge in [-0.3, -0.25) is 0 Å². The van der Waals surface area contributed by atoms with Crippen molar-refractivity contribution in [1.29, 1.82) is 0 Å². The maximum absolute atomic E-state index is 11.8. The molecule has 3 unspecified atom stereocenters. The Bertz CT molecular complexity index is 344. The molecule has 0 spiro atoms. The Hall–Kier alpha value is 0.200. The topological polar surface area (TPSA) is 37.4 Å². The van der Waals surface area contributed by atoms with Crippen LogP contribution in [0.1, 0.15) is 25.7 Å². The van der Waals surface area contributed by atoms with Crippen molar-refractivity contribution in [1.82, 2.24) is 4.31 Å². The molecule has 2 saturated carbocycles. The predicted molar refractivity (Wildman–Crippen MR) is 66.1 cm³/mol. The average molecular weight is 266 g/mol. The van der Waals surface area contributed by atoms with Crippen LogP contribution in [-0.4, -0.2) is 37.9 Å². The molecule has 0 N–H and O–H groups in total. The zero-order chi connectivity index (χ0) is 11.8. The number of sulfonamides is 1. The summed E-state index contributed by atoms with van der Waals surface area (Å²) in [4.78, 5) is 0. The van der Waals surface area contributed by atoms with Crippen LogP contribution >= 0.6 is 11.6 Å². The lowest BCUT2D eigenvalue weighted by atomic mass is 9.89. The highest BCUT2D eigenvalue weighted by atomic mass is 35.5. The van der Waals surface area contributed by atoms with Gasteiger partial charge in [0, 0.05) is 19.5 Å². The first-order chi connectivity index (χ1) is 7.53. The Balaban J connectivity index is 1.90. The van der Waals surface area contributed by atoms with Crippen LogP contribution < -0.4 is 0 Å². The van der Waals surface area contributed by atoms with Crippen LogP contribution in [0.25, 0.3) is 0 Å². The monoisotopic (exact) mass is 265 g/mol. The molecule has 0 aromatic rings. The van der Waals surface area contributed by atoms with E-state index in [1.807, 2.05) is 0 Å². The molecule has 0 aliphatic heterocycles. The third-order valence-electron chi connectivity index (χ3n) is 4.19. The zero-order valence-corrected chi connectivity index (χ0v) is 11.3. The van der Waals surface area contributed by atoms with Gasteiger partial charge in [0.2, 0.25) is 10.0 Å². The van der Waals surface area contributed by atoms with Crippen molar-refractivity contribution < 1.29 is 8.42 Å². The van der Waals surface area contributed by atoms with Gasteiger partial charge in [-0.05, 0) is 37.0 Å². The van der Waals surface area contributed by atoms with Crippen LogP contribution in [0.2, 0.25) is 0 Å². The summed E-state index contributed by atoms with van der Waals surface area (Å²) in [6.07, 6.45) is 5.22. The van der Waals surface area contributed by atoms with Crippen LogP contribution in [-0.2, 0) is 10.0 Å². The normalized spacial score (nSPS) is 33.8. The van der Waals surface area contributed by atoms with E-state index in [1.54, 1.807) is 7.05 Å². The fraction of sp³-hybridized carbons (Fsp3) is 1.00. The third-order valence-corrected chi connectivity index (χ3v) is 6.42. The van der Waals surface area contributed by atoms with E-state index in [0.717, 1.165) is 11.8 Å². The van der Waals surface area contributed by atoms with E-state index in [9.17, 15) is 8.42 Å². The average Bonchev–Trinajstić information content (AvgIpc) is 2.78. The second-order valence-electron chi connectivity index (χ2n) is 5.22. The Labute approximate surface area is 103 Å². The van der Waals surface area contributed by atoms with Gasteiger partial charge < -0.3 is 0 Å². The van der Waals surface area contributed by atoms with E-state index in [0.29, 0.717) is 12.5 Å². The molecule has 3 nitrogen and oxygen atoms in total. The first-order valence-electron chi connectivity index (χ1n) is 6.03. The van der Waals surface area contributed by atoms with Crippen molar-refractivity contribution in [2.45, 2.75) is 25.7 Å². The molecule has 0 amide bonds. The molecule has 2 fully saturated rings. The Morgan fingerprint density at radius 1 is 1.31 bits per heavy atom. The second-order valence-corrected chi connectivity index (χ2v) is 7.79. The first kappa shape index (κ1) is 12.7. The van der Waals surface area contributed by atoms with Gasteiger partial charge in [0.25, 0.3) is 0 Å². The van der Waals surface area contributed by atoms with E-state index in [4.69, 9.17) is 11.6 Å². The van der Waals surface area contributed by atoms with Gasteiger partial charge in [-0.2, -0.15) is 0 Å². The Morgan fingerprint density at radius 3 is 2.56 bits per heavy atom. The van der Waals surface area contributed by atoms with Crippen molar-refractivity contribution in [3.8, 4) is 0 Å². The standard InChI is InChI=1S/C11H20ClNO2S/c1-13(16(14,15)5-4-12)8-11-7-9-2-3-10(11)6-9/h9-11H,2-8H2,1H3. The van der Waals surface area contributed by atoms with Crippen LogP contribution in [0.4, 0.5) is 0 Å². The lowest BCUT2D eigenvalue weighted by Crippen LogP contribution is -2.35. The van der Waals surface area contributed by atoms with E-state index in [-0.39, 0.29) is 11.6 Å². The van der Waals surface area contributed by atoms with Crippen molar-refractivity contribution in [2.24, 2.45) is 17.8 Å². The summed E-state index contributed by atoms with van der Waals surface area (Å²) >= 11 is 5.50. The van der Waals surface area contributed by atoms with Crippen LogP contribution in [0.5, 0.6) is 0 Å². The third kappa shape index (κ3) is 2.54. The molecule has 0 heterocycles. The van der Waals surface area contributed by atoms with Gasteiger partial charge in [-0.15, -0.1) is 11.6 Å². The van der Waals surface area contributed by atoms with Gasteiger partial charge in [-0.25, -0.2) is 12.7 Å². The Kier molecular flexibility index (Phi) is 3.82. The molecule has 0 saturated heterocycles. The molecule has 2 aliphatic carbocycles. The number of hydrogen-bond donors (Lipinski definition) is 0. The fourth-order valence-corrected chi connectivity index (χ4v) is 4.81. The number of rotatable bonds is 5.